The van der Waals surface area contributed by atoms with Crippen LogP contribution in [0, 0.1) is 22.7 Å². The van der Waals surface area contributed by atoms with Gasteiger partial charge in [-0.2, -0.15) is 10.5 Å². The molecule has 0 N–H and O–H groups in total. The quantitative estimate of drug-likeness (QED) is 0.145. The Bertz CT molecular complexity index is 4200. The first kappa shape index (κ1) is 45.8. The van der Waals surface area contributed by atoms with Gasteiger partial charge in [0.1, 0.15) is 0 Å². The van der Waals surface area contributed by atoms with E-state index in [1.165, 1.54) is 0 Å². The van der Waals surface area contributed by atoms with Crippen LogP contribution >= 0.6 is 0 Å². The zero-order valence-corrected chi connectivity index (χ0v) is 42.3. The molecule has 0 aliphatic carbocycles. The van der Waals surface area contributed by atoms with Crippen molar-refractivity contribution in [2.75, 3.05) is 0 Å². The van der Waals surface area contributed by atoms with E-state index < -0.39 is 0 Å². The molecular formula is C74H46N4. The lowest BCUT2D eigenvalue weighted by atomic mass is 9.87. The zero-order valence-electron chi connectivity index (χ0n) is 42.3. The number of fused-ring (bicyclic) bond motifs is 6. The normalized spacial score (nSPS) is 11.3. The number of rotatable bonds is 9. The number of aromatic nitrogens is 2. The summed E-state index contributed by atoms with van der Waals surface area (Å²) in [5, 5.41) is 25.1. The molecule has 12 aromatic carbocycles. The van der Waals surface area contributed by atoms with E-state index >= 15 is 0 Å². The van der Waals surface area contributed by atoms with Crippen LogP contribution in [0.2, 0.25) is 0 Å². The van der Waals surface area contributed by atoms with Crippen molar-refractivity contribution in [2.45, 2.75) is 0 Å². The van der Waals surface area contributed by atoms with Crippen molar-refractivity contribution in [2.24, 2.45) is 0 Å². The van der Waals surface area contributed by atoms with E-state index in [4.69, 9.17) is 0 Å². The van der Waals surface area contributed by atoms with Gasteiger partial charge in [-0.1, -0.05) is 224 Å². The smallest absolute Gasteiger partial charge is 0.0991 e. The predicted octanol–water partition coefficient (Wildman–Crippen LogP) is 19.3. The summed E-state index contributed by atoms with van der Waals surface area (Å²) in [4.78, 5) is 0. The van der Waals surface area contributed by atoms with E-state index in [0.717, 1.165) is 133 Å². The maximum Gasteiger partial charge on any atom is 0.0991 e. The monoisotopic (exact) mass is 990 g/mol. The van der Waals surface area contributed by atoms with Crippen molar-refractivity contribution >= 4 is 43.6 Å². The Morgan fingerprint density at radius 2 is 0.487 bits per heavy atom. The Kier molecular flexibility index (Phi) is 11.3. The van der Waals surface area contributed by atoms with E-state index in [2.05, 4.69) is 276 Å². The van der Waals surface area contributed by atoms with Crippen LogP contribution in [0.4, 0.5) is 0 Å². The molecule has 0 spiro atoms. The summed E-state index contributed by atoms with van der Waals surface area (Å²) in [6.45, 7) is 0. The Morgan fingerprint density at radius 1 is 0.231 bits per heavy atom. The third-order valence-electron chi connectivity index (χ3n) is 15.4. The first-order valence-corrected chi connectivity index (χ1v) is 26.3. The van der Waals surface area contributed by atoms with Crippen molar-refractivity contribution in [1.82, 2.24) is 9.13 Å². The maximum absolute atomic E-state index is 10.2. The van der Waals surface area contributed by atoms with Crippen LogP contribution in [0.3, 0.4) is 0 Å². The lowest BCUT2D eigenvalue weighted by Crippen LogP contribution is -2.08. The SMILES string of the molecule is N#Cc1ccc(-c2cc(-c3ccc(C#N)cc3)c(-n3c4cccc(-c5ccccc5)c4c4c(-c5ccccc5)cccc43)c(-c3ccccc3)c2-n2c3cccc(-c4ccccc4)c3c3c(-c4ccccc4)cccc32)cc1. The molecule has 0 saturated carbocycles. The molecule has 78 heavy (non-hydrogen) atoms. The molecule has 4 nitrogen and oxygen atoms in total. The van der Waals surface area contributed by atoms with E-state index in [0.29, 0.717) is 11.1 Å². The van der Waals surface area contributed by atoms with Gasteiger partial charge in [-0.25, -0.2) is 0 Å². The number of hydrogen-bond donors (Lipinski definition) is 0. The highest BCUT2D eigenvalue weighted by Crippen LogP contribution is 2.53. The molecule has 362 valence electrons. The van der Waals surface area contributed by atoms with Crippen molar-refractivity contribution in [3.63, 3.8) is 0 Å². The van der Waals surface area contributed by atoms with Gasteiger partial charge in [-0.3, -0.25) is 0 Å². The molecule has 4 heteroatoms. The van der Waals surface area contributed by atoms with Gasteiger partial charge in [0.25, 0.3) is 0 Å². The van der Waals surface area contributed by atoms with E-state index in [1.54, 1.807) is 0 Å². The highest BCUT2D eigenvalue weighted by atomic mass is 15.0. The minimum Gasteiger partial charge on any atom is -0.308 e. The van der Waals surface area contributed by atoms with Gasteiger partial charge in [0.2, 0.25) is 0 Å². The van der Waals surface area contributed by atoms with Gasteiger partial charge >= 0.3 is 0 Å². The molecule has 2 heterocycles. The average molecular weight is 991 g/mol. The third-order valence-corrected chi connectivity index (χ3v) is 15.4. The number of hydrogen-bond acceptors (Lipinski definition) is 2. The zero-order chi connectivity index (χ0) is 52.1. The molecule has 0 atom stereocenters. The number of benzene rings is 12. The van der Waals surface area contributed by atoms with Crippen molar-refractivity contribution in [3.05, 3.63) is 290 Å². The topological polar surface area (TPSA) is 57.4 Å². The van der Waals surface area contributed by atoms with Gasteiger partial charge < -0.3 is 9.13 Å². The predicted molar refractivity (Wildman–Crippen MR) is 323 cm³/mol. The summed E-state index contributed by atoms with van der Waals surface area (Å²) < 4.78 is 5.04. The summed E-state index contributed by atoms with van der Waals surface area (Å²) in [5.74, 6) is 0. The molecule has 0 radical (unpaired) electrons. The fourth-order valence-electron chi connectivity index (χ4n) is 12.0. The molecule has 0 saturated heterocycles. The molecule has 14 aromatic rings. The standard InChI is InChI=1S/C74H46N4/c75-47-49-38-42-55(43-39-49)62-46-63(56-44-40-50(48-76)41-45-56)74(78-66-36-18-32-60(53-24-10-3-11-25-53)71(66)72-61(33-19-37-67(72)78)54-26-12-4-13-27-54)68(57-28-14-5-15-29-57)73(62)77-64-34-16-30-58(51-20-6-1-7-21-51)69(64)70-59(31-17-35-65(70)77)52-22-8-2-9-23-52/h1-46H. The molecule has 0 amide bonds. The molecule has 0 bridgehead atoms. The van der Waals surface area contributed by atoms with E-state index in [1.807, 2.05) is 24.3 Å². The number of nitriles is 2. The minimum atomic E-state index is 0.582. The second-order valence-corrected chi connectivity index (χ2v) is 19.7. The Labute approximate surface area is 452 Å². The van der Waals surface area contributed by atoms with Crippen LogP contribution in [-0.2, 0) is 0 Å². The first-order valence-electron chi connectivity index (χ1n) is 26.3. The van der Waals surface area contributed by atoms with Crippen molar-refractivity contribution in [3.8, 4) is 101 Å². The van der Waals surface area contributed by atoms with E-state index in [9.17, 15) is 10.5 Å². The summed E-state index contributed by atoms with van der Waals surface area (Å²) in [6.07, 6.45) is 0. The van der Waals surface area contributed by atoms with Gasteiger partial charge in [-0.15, -0.1) is 0 Å². The maximum atomic E-state index is 10.2. The van der Waals surface area contributed by atoms with Gasteiger partial charge in [0, 0.05) is 38.2 Å². The molecule has 0 fully saturated rings. The van der Waals surface area contributed by atoms with Crippen molar-refractivity contribution in [1.29, 1.82) is 10.5 Å². The van der Waals surface area contributed by atoms with Gasteiger partial charge in [0.05, 0.1) is 56.7 Å². The highest BCUT2D eigenvalue weighted by Gasteiger charge is 2.31. The Hall–Kier alpha value is -10.8. The van der Waals surface area contributed by atoms with Crippen LogP contribution < -0.4 is 0 Å². The lowest BCUT2D eigenvalue weighted by Gasteiger charge is -2.27. The molecule has 0 aliphatic heterocycles. The minimum absolute atomic E-state index is 0.582. The van der Waals surface area contributed by atoms with Crippen LogP contribution in [0.15, 0.2) is 279 Å². The van der Waals surface area contributed by atoms with Crippen LogP contribution in [0.25, 0.3) is 133 Å². The fraction of sp³-hybridized carbons (Fsp3) is 0. The average Bonchev–Trinajstić information content (AvgIpc) is 4.26. The lowest BCUT2D eigenvalue weighted by molar-refractivity contribution is 1.14. The van der Waals surface area contributed by atoms with Gasteiger partial charge in [0.15, 0.2) is 0 Å². The first-order chi connectivity index (χ1) is 38.7. The third kappa shape index (κ3) is 7.51. The molecule has 0 aliphatic rings. The highest BCUT2D eigenvalue weighted by molar-refractivity contribution is 6.24. The van der Waals surface area contributed by atoms with Crippen LogP contribution in [-0.4, -0.2) is 9.13 Å². The molecule has 0 unspecified atom stereocenters. The Morgan fingerprint density at radius 3 is 0.756 bits per heavy atom. The molecular weight excluding hydrogens is 945 g/mol. The summed E-state index contributed by atoms with van der Waals surface area (Å²) in [5.41, 5.74) is 22.3. The van der Waals surface area contributed by atoms with Gasteiger partial charge in [-0.05, 0) is 116 Å². The van der Waals surface area contributed by atoms with E-state index in [-0.39, 0.29) is 0 Å². The summed E-state index contributed by atoms with van der Waals surface area (Å²) in [6, 6.07) is 104. The van der Waals surface area contributed by atoms with Crippen molar-refractivity contribution < 1.29 is 0 Å². The molecule has 14 rings (SSSR count). The molecule has 2 aromatic heterocycles. The largest absolute Gasteiger partial charge is 0.308 e. The Balaban J connectivity index is 1.25. The summed E-state index contributed by atoms with van der Waals surface area (Å²) in [7, 11) is 0. The van der Waals surface area contributed by atoms with Crippen LogP contribution in [0.5, 0.6) is 0 Å². The fourth-order valence-corrected chi connectivity index (χ4v) is 12.0. The second-order valence-electron chi connectivity index (χ2n) is 19.7. The number of nitrogens with zero attached hydrogens (tertiary/aromatic N) is 4. The van der Waals surface area contributed by atoms with Crippen LogP contribution in [0.1, 0.15) is 11.1 Å². The summed E-state index contributed by atoms with van der Waals surface area (Å²) >= 11 is 0. The second kappa shape index (κ2) is 19.2.